The first-order valence-electron chi connectivity index (χ1n) is 5.64. The maximum absolute atomic E-state index is 5.42. The largest absolute Gasteiger partial charge is 0.454 e. The summed E-state index contributed by atoms with van der Waals surface area (Å²) in [6.45, 7) is 0.313. The van der Waals surface area contributed by atoms with E-state index in [1.54, 1.807) is 0 Å². The number of ether oxygens (including phenoxy) is 2. The van der Waals surface area contributed by atoms with Crippen molar-refractivity contribution in [1.29, 1.82) is 0 Å². The van der Waals surface area contributed by atoms with Gasteiger partial charge >= 0.3 is 0 Å². The highest BCUT2D eigenvalue weighted by Gasteiger charge is 2.15. The molecule has 90 valence electrons. The third-order valence-corrected chi connectivity index (χ3v) is 3.50. The Morgan fingerprint density at radius 2 is 1.72 bits per heavy atom. The van der Waals surface area contributed by atoms with Gasteiger partial charge in [-0.05, 0) is 32.9 Å². The van der Waals surface area contributed by atoms with E-state index >= 15 is 0 Å². The van der Waals surface area contributed by atoms with Crippen LogP contribution in [0.2, 0.25) is 0 Å². The van der Waals surface area contributed by atoms with Crippen LogP contribution in [0.25, 0.3) is 5.57 Å². The lowest BCUT2D eigenvalue weighted by molar-refractivity contribution is 0.174. The van der Waals surface area contributed by atoms with Crippen molar-refractivity contribution in [3.63, 3.8) is 0 Å². The fourth-order valence-corrected chi connectivity index (χ4v) is 2.69. The zero-order valence-corrected chi connectivity index (χ0v) is 11.8. The zero-order chi connectivity index (χ0) is 12.4. The molecule has 1 aliphatic rings. The molecule has 3 rings (SSSR count). The van der Waals surface area contributed by atoms with Crippen LogP contribution in [-0.4, -0.2) is 6.79 Å². The molecule has 1 heterocycles. The lowest BCUT2D eigenvalue weighted by Crippen LogP contribution is -1.93. The zero-order valence-electron chi connectivity index (χ0n) is 9.60. The molecule has 0 amide bonds. The van der Waals surface area contributed by atoms with Crippen LogP contribution in [0.3, 0.4) is 0 Å². The van der Waals surface area contributed by atoms with Crippen molar-refractivity contribution in [3.8, 4) is 11.5 Å². The fraction of sp³-hybridized carbons (Fsp3) is 0.0667. The van der Waals surface area contributed by atoms with E-state index in [9.17, 15) is 0 Å². The average Bonchev–Trinajstić information content (AvgIpc) is 2.88. The van der Waals surface area contributed by atoms with Crippen molar-refractivity contribution in [2.24, 2.45) is 0 Å². The predicted molar refractivity (Wildman–Crippen MR) is 80.1 cm³/mol. The minimum absolute atomic E-state index is 0.313. The van der Waals surface area contributed by atoms with Crippen LogP contribution in [0.4, 0.5) is 0 Å². The highest BCUT2D eigenvalue weighted by molar-refractivity contribution is 14.1. The van der Waals surface area contributed by atoms with Crippen molar-refractivity contribution in [1.82, 2.24) is 0 Å². The lowest BCUT2D eigenvalue weighted by atomic mass is 9.99. The van der Waals surface area contributed by atoms with E-state index in [1.807, 2.05) is 30.3 Å². The maximum atomic E-state index is 5.42. The third-order valence-electron chi connectivity index (χ3n) is 2.88. The number of rotatable bonds is 2. The Labute approximate surface area is 119 Å². The molecule has 2 nitrogen and oxygen atoms in total. The Hall–Kier alpha value is -1.49. The minimum Gasteiger partial charge on any atom is -0.454 e. The summed E-state index contributed by atoms with van der Waals surface area (Å²) >= 11 is 2.27. The van der Waals surface area contributed by atoms with Crippen LogP contribution in [-0.2, 0) is 0 Å². The first-order chi connectivity index (χ1) is 8.88. The highest BCUT2D eigenvalue weighted by Crippen LogP contribution is 2.36. The van der Waals surface area contributed by atoms with Crippen LogP contribution < -0.4 is 9.47 Å². The minimum atomic E-state index is 0.313. The van der Waals surface area contributed by atoms with Crippen molar-refractivity contribution < 1.29 is 9.47 Å². The summed E-state index contributed by atoms with van der Waals surface area (Å²) in [7, 11) is 0. The number of benzene rings is 2. The number of halogens is 1. The number of hydrogen-bond acceptors (Lipinski definition) is 2. The average molecular weight is 350 g/mol. The second-order valence-electron chi connectivity index (χ2n) is 3.96. The summed E-state index contributed by atoms with van der Waals surface area (Å²) in [5.41, 5.74) is 3.53. The Balaban J connectivity index is 2.03. The second-order valence-corrected chi connectivity index (χ2v) is 4.58. The summed E-state index contributed by atoms with van der Waals surface area (Å²) in [6.07, 6.45) is 0. The van der Waals surface area contributed by atoms with Gasteiger partial charge in [-0.15, -0.1) is 0 Å². The molecule has 0 aromatic heterocycles. The summed E-state index contributed by atoms with van der Waals surface area (Å²) < 4.78 is 12.8. The molecule has 0 unspecified atom stereocenters. The molecule has 0 spiro atoms. The normalized spacial score (nSPS) is 13.7. The SMILES string of the molecule is I/C=C(\c1ccccc1)c1ccc2c(c1)OCO2. The summed E-state index contributed by atoms with van der Waals surface area (Å²) in [6, 6.07) is 16.4. The molecule has 0 fully saturated rings. The van der Waals surface area contributed by atoms with Crippen molar-refractivity contribution >= 4 is 28.2 Å². The van der Waals surface area contributed by atoms with Gasteiger partial charge in [0.15, 0.2) is 11.5 Å². The topological polar surface area (TPSA) is 18.5 Å². The van der Waals surface area contributed by atoms with E-state index in [1.165, 1.54) is 11.1 Å². The van der Waals surface area contributed by atoms with Crippen LogP contribution in [0.5, 0.6) is 11.5 Å². The number of hydrogen-bond donors (Lipinski definition) is 0. The van der Waals surface area contributed by atoms with Crippen LogP contribution in [0.1, 0.15) is 11.1 Å². The Morgan fingerprint density at radius 3 is 2.50 bits per heavy atom. The molecule has 3 heteroatoms. The Bertz CT molecular complexity index is 591. The van der Waals surface area contributed by atoms with Gasteiger partial charge in [0.05, 0.1) is 0 Å². The van der Waals surface area contributed by atoms with E-state index in [-0.39, 0.29) is 0 Å². The Kier molecular flexibility index (Phi) is 3.23. The molecule has 0 radical (unpaired) electrons. The molecule has 0 saturated carbocycles. The van der Waals surface area contributed by atoms with Gasteiger partial charge in [0.25, 0.3) is 0 Å². The van der Waals surface area contributed by atoms with Crippen molar-refractivity contribution in [3.05, 3.63) is 63.7 Å². The monoisotopic (exact) mass is 350 g/mol. The Morgan fingerprint density at radius 1 is 0.944 bits per heavy atom. The summed E-state index contributed by atoms with van der Waals surface area (Å²) in [5.74, 6) is 1.64. The van der Waals surface area contributed by atoms with Gasteiger partial charge in [0.1, 0.15) is 0 Å². The van der Waals surface area contributed by atoms with E-state index in [0.29, 0.717) is 6.79 Å². The molecule has 18 heavy (non-hydrogen) atoms. The van der Waals surface area contributed by atoms with Gasteiger partial charge in [0.2, 0.25) is 6.79 Å². The molecular formula is C15H11IO2. The standard InChI is InChI=1S/C15H11IO2/c16-9-13(11-4-2-1-3-5-11)12-6-7-14-15(8-12)18-10-17-14/h1-9H,10H2/b13-9+. The maximum Gasteiger partial charge on any atom is 0.231 e. The van der Waals surface area contributed by atoms with Crippen molar-refractivity contribution in [2.75, 3.05) is 6.79 Å². The van der Waals surface area contributed by atoms with E-state index in [2.05, 4.69) is 44.9 Å². The van der Waals surface area contributed by atoms with E-state index < -0.39 is 0 Å². The summed E-state index contributed by atoms with van der Waals surface area (Å²) in [4.78, 5) is 0. The molecule has 2 aromatic carbocycles. The molecule has 0 aliphatic carbocycles. The van der Waals surface area contributed by atoms with Gasteiger partial charge in [-0.2, -0.15) is 0 Å². The molecule has 0 N–H and O–H groups in total. The van der Waals surface area contributed by atoms with E-state index in [4.69, 9.17) is 9.47 Å². The molecule has 0 bridgehead atoms. The molecule has 2 aromatic rings. The first kappa shape index (κ1) is 11.6. The molecular weight excluding hydrogens is 339 g/mol. The van der Waals surface area contributed by atoms with Crippen LogP contribution >= 0.6 is 22.6 Å². The molecule has 0 atom stereocenters. The molecule has 1 aliphatic heterocycles. The number of fused-ring (bicyclic) bond motifs is 1. The third kappa shape index (κ3) is 2.10. The van der Waals surface area contributed by atoms with Gasteiger partial charge < -0.3 is 9.47 Å². The highest BCUT2D eigenvalue weighted by atomic mass is 127. The van der Waals surface area contributed by atoms with Gasteiger partial charge in [-0.1, -0.05) is 59.0 Å². The molecule has 0 saturated heterocycles. The quantitative estimate of drug-likeness (QED) is 0.755. The van der Waals surface area contributed by atoms with Gasteiger partial charge in [-0.3, -0.25) is 0 Å². The van der Waals surface area contributed by atoms with Gasteiger partial charge in [-0.25, -0.2) is 0 Å². The predicted octanol–water partition coefficient (Wildman–Crippen LogP) is 4.24. The fourth-order valence-electron chi connectivity index (χ4n) is 1.97. The van der Waals surface area contributed by atoms with Gasteiger partial charge in [0, 0.05) is 0 Å². The van der Waals surface area contributed by atoms with Crippen molar-refractivity contribution in [2.45, 2.75) is 0 Å². The first-order valence-corrected chi connectivity index (χ1v) is 6.89. The van der Waals surface area contributed by atoms with Crippen LogP contribution in [0, 0.1) is 0 Å². The van der Waals surface area contributed by atoms with E-state index in [0.717, 1.165) is 17.1 Å². The van der Waals surface area contributed by atoms with Crippen LogP contribution in [0.15, 0.2) is 52.6 Å². The second kappa shape index (κ2) is 5.02. The summed E-state index contributed by atoms with van der Waals surface area (Å²) in [5, 5.41) is 0. The lowest BCUT2D eigenvalue weighted by Gasteiger charge is -2.08. The smallest absolute Gasteiger partial charge is 0.231 e.